The van der Waals surface area contributed by atoms with Gasteiger partial charge in [0.1, 0.15) is 11.5 Å². The second-order valence-corrected chi connectivity index (χ2v) is 5.27. The maximum Gasteiger partial charge on any atom is 0.325 e. The van der Waals surface area contributed by atoms with Crippen molar-refractivity contribution in [3.8, 4) is 11.5 Å². The van der Waals surface area contributed by atoms with E-state index in [2.05, 4.69) is 10.2 Å². The van der Waals surface area contributed by atoms with Gasteiger partial charge in [-0.2, -0.15) is 0 Å². The molecule has 1 fully saturated rings. The van der Waals surface area contributed by atoms with Gasteiger partial charge in [-0.15, -0.1) is 0 Å². The van der Waals surface area contributed by atoms with Crippen LogP contribution in [0.2, 0.25) is 0 Å². The summed E-state index contributed by atoms with van der Waals surface area (Å²) >= 11 is 0. The molecule has 0 aromatic heterocycles. The number of rotatable bonds is 6. The molecule has 0 amide bonds. The van der Waals surface area contributed by atoms with E-state index < -0.39 is 0 Å². The van der Waals surface area contributed by atoms with Crippen LogP contribution in [0.25, 0.3) is 0 Å². The van der Waals surface area contributed by atoms with Crippen LogP contribution in [0.3, 0.4) is 0 Å². The van der Waals surface area contributed by atoms with Gasteiger partial charge in [0.25, 0.3) is 0 Å². The highest BCUT2D eigenvalue weighted by atomic mass is 16.5. The fraction of sp³-hybridized carbons (Fsp3) is 0.562. The highest BCUT2D eigenvalue weighted by molar-refractivity contribution is 5.74. The molecule has 1 aromatic carbocycles. The van der Waals surface area contributed by atoms with Gasteiger partial charge in [0.2, 0.25) is 0 Å². The zero-order chi connectivity index (χ0) is 15.1. The standard InChI is InChI=1S/C16H24N2O3/c1-3-20-14-4-6-15(7-5-14)21-16(19)12-18(2)13-8-10-17-11-9-13/h4-7,13,17H,3,8-12H2,1-2H3. The average Bonchev–Trinajstić information content (AvgIpc) is 2.50. The Kier molecular flexibility index (Phi) is 6.02. The SMILES string of the molecule is CCOc1ccc(OC(=O)CN(C)C2CCNCC2)cc1. The summed E-state index contributed by atoms with van der Waals surface area (Å²) < 4.78 is 10.7. The van der Waals surface area contributed by atoms with Crippen LogP contribution >= 0.6 is 0 Å². The van der Waals surface area contributed by atoms with E-state index >= 15 is 0 Å². The topological polar surface area (TPSA) is 50.8 Å². The molecule has 5 heteroatoms. The highest BCUT2D eigenvalue weighted by Gasteiger charge is 2.20. The number of nitrogens with zero attached hydrogens (tertiary/aromatic N) is 1. The third-order valence-electron chi connectivity index (χ3n) is 3.68. The molecular weight excluding hydrogens is 268 g/mol. The fourth-order valence-electron chi connectivity index (χ4n) is 2.51. The molecule has 1 N–H and O–H groups in total. The normalized spacial score (nSPS) is 16.0. The van der Waals surface area contributed by atoms with Gasteiger partial charge in [0, 0.05) is 6.04 Å². The van der Waals surface area contributed by atoms with Gasteiger partial charge >= 0.3 is 5.97 Å². The van der Waals surface area contributed by atoms with E-state index in [9.17, 15) is 4.79 Å². The number of carbonyl (C=O) groups excluding carboxylic acids is 1. The van der Waals surface area contributed by atoms with Crippen molar-refractivity contribution in [3.05, 3.63) is 24.3 Å². The van der Waals surface area contributed by atoms with Gasteiger partial charge in [-0.1, -0.05) is 0 Å². The molecule has 0 saturated carbocycles. The van der Waals surface area contributed by atoms with E-state index in [0.29, 0.717) is 24.9 Å². The molecule has 1 aromatic rings. The molecule has 0 aliphatic carbocycles. The predicted molar refractivity (Wildman–Crippen MR) is 81.8 cm³/mol. The summed E-state index contributed by atoms with van der Waals surface area (Å²) in [5, 5.41) is 3.32. The van der Waals surface area contributed by atoms with Crippen molar-refractivity contribution in [1.29, 1.82) is 0 Å². The summed E-state index contributed by atoms with van der Waals surface area (Å²) in [6, 6.07) is 7.59. The number of hydrogen-bond acceptors (Lipinski definition) is 5. The Morgan fingerprint density at radius 1 is 1.24 bits per heavy atom. The van der Waals surface area contributed by atoms with Crippen molar-refractivity contribution >= 4 is 5.97 Å². The molecule has 1 saturated heterocycles. The van der Waals surface area contributed by atoms with Crippen LogP contribution in [0.5, 0.6) is 11.5 Å². The minimum Gasteiger partial charge on any atom is -0.494 e. The van der Waals surface area contributed by atoms with E-state index in [4.69, 9.17) is 9.47 Å². The number of carbonyl (C=O) groups is 1. The zero-order valence-electron chi connectivity index (χ0n) is 12.8. The van der Waals surface area contributed by atoms with E-state index in [0.717, 1.165) is 31.7 Å². The van der Waals surface area contributed by atoms with Crippen LogP contribution in [0.1, 0.15) is 19.8 Å². The molecule has 2 rings (SSSR count). The minimum atomic E-state index is -0.222. The van der Waals surface area contributed by atoms with Crippen LogP contribution in [0, 0.1) is 0 Å². The van der Waals surface area contributed by atoms with Gasteiger partial charge in [0.15, 0.2) is 0 Å². The largest absolute Gasteiger partial charge is 0.494 e. The summed E-state index contributed by atoms with van der Waals surface area (Å²) in [6.07, 6.45) is 2.15. The van der Waals surface area contributed by atoms with E-state index in [1.165, 1.54) is 0 Å². The maximum atomic E-state index is 12.0. The van der Waals surface area contributed by atoms with E-state index in [1.807, 2.05) is 26.1 Å². The molecule has 1 aliphatic heterocycles. The second kappa shape index (κ2) is 8.00. The molecule has 0 unspecified atom stereocenters. The Balaban J connectivity index is 1.80. The van der Waals surface area contributed by atoms with Crippen molar-refractivity contribution in [2.75, 3.05) is 33.3 Å². The lowest BCUT2D eigenvalue weighted by Crippen LogP contribution is -2.43. The molecule has 0 bridgehead atoms. The van der Waals surface area contributed by atoms with Gasteiger partial charge in [-0.25, -0.2) is 0 Å². The molecule has 116 valence electrons. The fourth-order valence-corrected chi connectivity index (χ4v) is 2.51. The van der Waals surface area contributed by atoms with Crippen LogP contribution in [-0.2, 0) is 4.79 Å². The van der Waals surface area contributed by atoms with Crippen LogP contribution in [-0.4, -0.2) is 50.2 Å². The Morgan fingerprint density at radius 2 is 1.86 bits per heavy atom. The number of nitrogens with one attached hydrogen (secondary N) is 1. The first kappa shape index (κ1) is 15.8. The lowest BCUT2D eigenvalue weighted by Gasteiger charge is -2.30. The number of likely N-dealkylation sites (N-methyl/N-ethyl adjacent to an activating group) is 1. The molecule has 1 aliphatic rings. The smallest absolute Gasteiger partial charge is 0.325 e. The van der Waals surface area contributed by atoms with Crippen molar-refractivity contribution in [3.63, 3.8) is 0 Å². The highest BCUT2D eigenvalue weighted by Crippen LogP contribution is 2.18. The lowest BCUT2D eigenvalue weighted by molar-refractivity contribution is -0.136. The second-order valence-electron chi connectivity index (χ2n) is 5.27. The summed E-state index contributed by atoms with van der Waals surface area (Å²) in [4.78, 5) is 14.0. The Labute approximate surface area is 126 Å². The zero-order valence-corrected chi connectivity index (χ0v) is 12.8. The summed E-state index contributed by atoms with van der Waals surface area (Å²) in [5.41, 5.74) is 0. The lowest BCUT2D eigenvalue weighted by atomic mass is 10.1. The first-order valence-corrected chi connectivity index (χ1v) is 7.53. The number of ether oxygens (including phenoxy) is 2. The Bertz CT molecular complexity index is 441. The van der Waals surface area contributed by atoms with Crippen molar-refractivity contribution in [2.24, 2.45) is 0 Å². The summed E-state index contributed by atoms with van der Waals surface area (Å²) in [7, 11) is 1.98. The van der Waals surface area contributed by atoms with Crippen molar-refractivity contribution in [2.45, 2.75) is 25.8 Å². The van der Waals surface area contributed by atoms with E-state index in [-0.39, 0.29) is 5.97 Å². The molecule has 21 heavy (non-hydrogen) atoms. The van der Waals surface area contributed by atoms with Crippen LogP contribution in [0.4, 0.5) is 0 Å². The number of piperidine rings is 1. The Morgan fingerprint density at radius 3 is 2.48 bits per heavy atom. The van der Waals surface area contributed by atoms with Gasteiger partial charge in [-0.05, 0) is 64.2 Å². The van der Waals surface area contributed by atoms with Gasteiger partial charge < -0.3 is 14.8 Å². The first-order chi connectivity index (χ1) is 10.2. The molecule has 1 heterocycles. The number of esters is 1. The molecule has 5 nitrogen and oxygen atoms in total. The molecule has 0 spiro atoms. The quantitative estimate of drug-likeness (QED) is 0.638. The Hall–Kier alpha value is -1.59. The third kappa shape index (κ3) is 5.02. The van der Waals surface area contributed by atoms with Crippen molar-refractivity contribution in [1.82, 2.24) is 10.2 Å². The molecular formula is C16H24N2O3. The minimum absolute atomic E-state index is 0.222. The average molecular weight is 292 g/mol. The van der Waals surface area contributed by atoms with Gasteiger partial charge in [0.05, 0.1) is 13.2 Å². The van der Waals surface area contributed by atoms with Crippen LogP contribution in [0.15, 0.2) is 24.3 Å². The van der Waals surface area contributed by atoms with Crippen LogP contribution < -0.4 is 14.8 Å². The van der Waals surface area contributed by atoms with Crippen molar-refractivity contribution < 1.29 is 14.3 Å². The summed E-state index contributed by atoms with van der Waals surface area (Å²) in [6.45, 7) is 4.91. The molecule has 0 atom stereocenters. The number of hydrogen-bond donors (Lipinski definition) is 1. The third-order valence-corrected chi connectivity index (χ3v) is 3.68. The predicted octanol–water partition coefficient (Wildman–Crippen LogP) is 1.67. The monoisotopic (exact) mass is 292 g/mol. The van der Waals surface area contributed by atoms with E-state index in [1.54, 1.807) is 12.1 Å². The summed E-state index contributed by atoms with van der Waals surface area (Å²) in [5.74, 6) is 1.12. The maximum absolute atomic E-state index is 12.0. The first-order valence-electron chi connectivity index (χ1n) is 7.53. The molecule has 0 radical (unpaired) electrons. The van der Waals surface area contributed by atoms with Gasteiger partial charge in [-0.3, -0.25) is 9.69 Å². The number of benzene rings is 1.